The van der Waals surface area contributed by atoms with Gasteiger partial charge >= 0.3 is 6.18 Å². The quantitative estimate of drug-likeness (QED) is 0.661. The van der Waals surface area contributed by atoms with Crippen LogP contribution < -0.4 is 10.6 Å². The number of alkyl halides is 3. The average Bonchev–Trinajstić information content (AvgIpc) is 2.72. The van der Waals surface area contributed by atoms with E-state index in [0.29, 0.717) is 38.6 Å². The maximum atomic E-state index is 13.0. The van der Waals surface area contributed by atoms with Crippen LogP contribution in [0.5, 0.6) is 0 Å². The van der Waals surface area contributed by atoms with Crippen LogP contribution in [0.4, 0.5) is 18.9 Å². The van der Waals surface area contributed by atoms with E-state index in [2.05, 4.69) is 22.5 Å². The summed E-state index contributed by atoms with van der Waals surface area (Å²) in [4.78, 5) is 28.7. The predicted octanol–water partition coefficient (Wildman–Crippen LogP) is 3.61. The Labute approximate surface area is 191 Å². The number of nitrogens with one attached hydrogen (secondary N) is 2. The highest BCUT2D eigenvalue weighted by molar-refractivity contribution is 6.31. The van der Waals surface area contributed by atoms with Gasteiger partial charge in [-0.05, 0) is 37.0 Å². The zero-order valence-corrected chi connectivity index (χ0v) is 18.9. The van der Waals surface area contributed by atoms with Crippen LogP contribution in [-0.4, -0.2) is 66.9 Å². The van der Waals surface area contributed by atoms with E-state index in [-0.39, 0.29) is 24.2 Å². The number of hydrogen-bond donors (Lipinski definition) is 2. The van der Waals surface area contributed by atoms with Crippen molar-refractivity contribution in [2.24, 2.45) is 5.92 Å². The summed E-state index contributed by atoms with van der Waals surface area (Å²) in [5, 5.41) is 5.25. The van der Waals surface area contributed by atoms with Gasteiger partial charge in [0.2, 0.25) is 11.8 Å². The summed E-state index contributed by atoms with van der Waals surface area (Å²) < 4.78 is 38.9. The maximum absolute atomic E-state index is 13.0. The van der Waals surface area contributed by atoms with Gasteiger partial charge in [-0.2, -0.15) is 13.2 Å². The molecule has 2 N–H and O–H groups in total. The van der Waals surface area contributed by atoms with Gasteiger partial charge in [-0.3, -0.25) is 19.4 Å². The van der Waals surface area contributed by atoms with E-state index >= 15 is 0 Å². The molecule has 1 aromatic rings. The average molecular weight is 475 g/mol. The van der Waals surface area contributed by atoms with Crippen molar-refractivity contribution in [1.29, 1.82) is 0 Å². The lowest BCUT2D eigenvalue weighted by molar-refractivity contribution is -0.137. The van der Waals surface area contributed by atoms with Crippen molar-refractivity contribution < 1.29 is 22.8 Å². The number of benzene rings is 1. The SMILES string of the molecule is C[C@H]1CCCC[C@H]1NC(=O)CN1CCN(CC(=O)Nc2ccc(Cl)c(C(F)(F)F)c2)CC1. The van der Waals surface area contributed by atoms with Gasteiger partial charge in [0.1, 0.15) is 0 Å². The predicted molar refractivity (Wildman–Crippen MR) is 118 cm³/mol. The Morgan fingerprint density at radius 2 is 1.62 bits per heavy atom. The molecule has 1 aromatic carbocycles. The van der Waals surface area contributed by atoms with Crippen molar-refractivity contribution in [3.8, 4) is 0 Å². The first kappa shape index (κ1) is 24.8. The number of carbonyl (C=O) groups is 2. The molecule has 2 amide bonds. The summed E-state index contributed by atoms with van der Waals surface area (Å²) in [6.45, 7) is 5.11. The molecule has 178 valence electrons. The summed E-state index contributed by atoms with van der Waals surface area (Å²) in [6, 6.07) is 3.56. The molecule has 0 unspecified atom stereocenters. The molecule has 1 heterocycles. The molecule has 1 saturated carbocycles. The Bertz CT molecular complexity index is 813. The highest BCUT2D eigenvalue weighted by Crippen LogP contribution is 2.36. The molecule has 1 aliphatic heterocycles. The third-order valence-electron chi connectivity index (χ3n) is 6.21. The molecule has 2 fully saturated rings. The standard InChI is InChI=1S/C22H30ClF3N4O2/c1-15-4-2-3-5-19(15)28-21(32)14-30-10-8-29(9-11-30)13-20(31)27-16-6-7-18(23)17(12-16)22(24,25)26/h6-7,12,15,19H,2-5,8-11,13-14H2,1H3,(H,27,31)(H,28,32)/t15-,19+/m0/s1. The van der Waals surface area contributed by atoms with E-state index in [0.717, 1.165) is 31.4 Å². The molecule has 10 heteroatoms. The lowest BCUT2D eigenvalue weighted by Gasteiger charge is -2.35. The fraction of sp³-hybridized carbons (Fsp3) is 0.636. The molecule has 32 heavy (non-hydrogen) atoms. The van der Waals surface area contributed by atoms with E-state index in [4.69, 9.17) is 11.6 Å². The van der Waals surface area contributed by atoms with Gasteiger partial charge in [0.25, 0.3) is 0 Å². The maximum Gasteiger partial charge on any atom is 0.417 e. The van der Waals surface area contributed by atoms with Gasteiger partial charge in [0.05, 0.1) is 23.7 Å². The minimum Gasteiger partial charge on any atom is -0.352 e. The molecule has 0 aromatic heterocycles. The first-order valence-electron chi connectivity index (χ1n) is 11.0. The van der Waals surface area contributed by atoms with Gasteiger partial charge in [-0.1, -0.05) is 31.4 Å². The number of hydrogen-bond acceptors (Lipinski definition) is 4. The van der Waals surface area contributed by atoms with E-state index in [9.17, 15) is 22.8 Å². The van der Waals surface area contributed by atoms with E-state index in [1.807, 2.05) is 4.90 Å². The number of nitrogens with zero attached hydrogens (tertiary/aromatic N) is 2. The van der Waals surface area contributed by atoms with Crippen LogP contribution in [-0.2, 0) is 15.8 Å². The molecular formula is C22H30ClF3N4O2. The molecule has 2 aliphatic rings. The number of piperazine rings is 1. The van der Waals surface area contributed by atoms with Crippen molar-refractivity contribution >= 4 is 29.1 Å². The third kappa shape index (κ3) is 7.08. The largest absolute Gasteiger partial charge is 0.417 e. The Morgan fingerprint density at radius 1 is 1.03 bits per heavy atom. The fourth-order valence-electron chi connectivity index (χ4n) is 4.32. The zero-order chi connectivity index (χ0) is 23.3. The van der Waals surface area contributed by atoms with Gasteiger partial charge < -0.3 is 10.6 Å². The van der Waals surface area contributed by atoms with Crippen molar-refractivity contribution in [3.05, 3.63) is 28.8 Å². The summed E-state index contributed by atoms with van der Waals surface area (Å²) in [5.74, 6) is 0.159. The lowest BCUT2D eigenvalue weighted by Crippen LogP contribution is -2.52. The fourth-order valence-corrected chi connectivity index (χ4v) is 4.54. The Kier molecular flexibility index (Phi) is 8.41. The number of rotatable bonds is 6. The Morgan fingerprint density at radius 3 is 2.22 bits per heavy atom. The molecule has 6 nitrogen and oxygen atoms in total. The second-order valence-electron chi connectivity index (χ2n) is 8.73. The first-order chi connectivity index (χ1) is 15.1. The van der Waals surface area contributed by atoms with E-state index in [1.165, 1.54) is 12.5 Å². The van der Waals surface area contributed by atoms with Crippen LogP contribution in [0.1, 0.15) is 38.2 Å². The number of halogens is 4. The van der Waals surface area contributed by atoms with Crippen LogP contribution in [0.15, 0.2) is 18.2 Å². The minimum atomic E-state index is -4.59. The lowest BCUT2D eigenvalue weighted by atomic mass is 9.86. The summed E-state index contributed by atoms with van der Waals surface area (Å²) in [5.41, 5.74) is -0.926. The van der Waals surface area contributed by atoms with Crippen LogP contribution in [0.2, 0.25) is 5.02 Å². The van der Waals surface area contributed by atoms with Gasteiger partial charge in [0, 0.05) is 37.9 Å². The highest BCUT2D eigenvalue weighted by atomic mass is 35.5. The topological polar surface area (TPSA) is 64.7 Å². The molecule has 2 atom stereocenters. The number of amides is 2. The van der Waals surface area contributed by atoms with Gasteiger partial charge in [0.15, 0.2) is 0 Å². The third-order valence-corrected chi connectivity index (χ3v) is 6.54. The summed E-state index contributed by atoms with van der Waals surface area (Å²) in [6.07, 6.45) is -0.0171. The van der Waals surface area contributed by atoms with Crippen LogP contribution >= 0.6 is 11.6 Å². The smallest absolute Gasteiger partial charge is 0.352 e. The summed E-state index contributed by atoms with van der Waals surface area (Å²) in [7, 11) is 0. The first-order valence-corrected chi connectivity index (χ1v) is 11.4. The Balaban J connectivity index is 1.41. The van der Waals surface area contributed by atoms with E-state index in [1.54, 1.807) is 0 Å². The second kappa shape index (κ2) is 10.9. The molecule has 0 spiro atoms. The van der Waals surface area contributed by atoms with Crippen molar-refractivity contribution in [2.45, 2.75) is 44.8 Å². The normalized spacial score (nSPS) is 23.0. The van der Waals surface area contributed by atoms with Crippen LogP contribution in [0.3, 0.4) is 0 Å². The highest BCUT2D eigenvalue weighted by Gasteiger charge is 2.33. The molecule has 3 rings (SSSR count). The molecule has 1 saturated heterocycles. The number of anilines is 1. The molecule has 1 aliphatic carbocycles. The Hall–Kier alpha value is -1.84. The van der Waals surface area contributed by atoms with E-state index < -0.39 is 22.7 Å². The zero-order valence-electron chi connectivity index (χ0n) is 18.2. The minimum absolute atomic E-state index is 0.0400. The van der Waals surface area contributed by atoms with Crippen LogP contribution in [0, 0.1) is 5.92 Å². The van der Waals surface area contributed by atoms with Crippen molar-refractivity contribution in [2.75, 3.05) is 44.6 Å². The second-order valence-corrected chi connectivity index (χ2v) is 9.14. The molecular weight excluding hydrogens is 445 g/mol. The monoisotopic (exact) mass is 474 g/mol. The van der Waals surface area contributed by atoms with Crippen LogP contribution in [0.25, 0.3) is 0 Å². The molecule has 0 radical (unpaired) electrons. The van der Waals surface area contributed by atoms with Crippen molar-refractivity contribution in [3.63, 3.8) is 0 Å². The van der Waals surface area contributed by atoms with Crippen molar-refractivity contribution in [1.82, 2.24) is 15.1 Å². The van der Waals surface area contributed by atoms with Gasteiger partial charge in [-0.15, -0.1) is 0 Å². The number of carbonyl (C=O) groups excluding carboxylic acids is 2. The molecule has 0 bridgehead atoms. The summed E-state index contributed by atoms with van der Waals surface area (Å²) >= 11 is 5.61. The van der Waals surface area contributed by atoms with Gasteiger partial charge in [-0.25, -0.2) is 0 Å².